The van der Waals surface area contributed by atoms with Gasteiger partial charge in [0.15, 0.2) is 0 Å². The van der Waals surface area contributed by atoms with Crippen LogP contribution in [0.1, 0.15) is 44.0 Å². The zero-order valence-corrected chi connectivity index (χ0v) is 12.6. The number of aliphatic carboxylic acids is 1. The zero-order valence-electron chi connectivity index (χ0n) is 11.8. The van der Waals surface area contributed by atoms with Gasteiger partial charge in [-0.15, -0.1) is 11.3 Å². The number of likely N-dealkylation sites (tertiary alicyclic amines) is 1. The molecule has 110 valence electrons. The number of rotatable bonds is 3. The summed E-state index contributed by atoms with van der Waals surface area (Å²) >= 11 is 1.58. The van der Waals surface area contributed by atoms with E-state index < -0.39 is 11.5 Å². The summed E-state index contributed by atoms with van der Waals surface area (Å²) in [6.07, 6.45) is 2.19. The van der Waals surface area contributed by atoms with Crippen LogP contribution in [0.3, 0.4) is 0 Å². The Bertz CT molecular complexity index is 489. The van der Waals surface area contributed by atoms with Crippen LogP contribution in [0.25, 0.3) is 0 Å². The lowest BCUT2D eigenvalue weighted by Crippen LogP contribution is -2.60. The molecule has 2 amide bonds. The molecule has 2 atom stereocenters. The summed E-state index contributed by atoms with van der Waals surface area (Å²) in [6.45, 7) is 4.03. The van der Waals surface area contributed by atoms with Gasteiger partial charge in [-0.1, -0.05) is 6.07 Å². The summed E-state index contributed by atoms with van der Waals surface area (Å²) in [4.78, 5) is 26.4. The van der Waals surface area contributed by atoms with Gasteiger partial charge in [0.2, 0.25) is 0 Å². The van der Waals surface area contributed by atoms with Gasteiger partial charge < -0.3 is 15.3 Å². The smallest absolute Gasteiger partial charge is 0.329 e. The molecule has 2 rings (SSSR count). The van der Waals surface area contributed by atoms with Gasteiger partial charge >= 0.3 is 12.0 Å². The number of nitrogens with one attached hydrogen (secondary N) is 1. The first-order valence-corrected chi connectivity index (χ1v) is 7.68. The molecule has 1 saturated heterocycles. The van der Waals surface area contributed by atoms with Crippen molar-refractivity contribution < 1.29 is 14.7 Å². The van der Waals surface area contributed by atoms with Crippen LogP contribution in [-0.4, -0.2) is 34.1 Å². The maximum Gasteiger partial charge on any atom is 0.329 e. The van der Waals surface area contributed by atoms with Crippen LogP contribution < -0.4 is 5.32 Å². The number of hydrogen-bond acceptors (Lipinski definition) is 3. The van der Waals surface area contributed by atoms with Crippen molar-refractivity contribution in [1.82, 2.24) is 10.2 Å². The fourth-order valence-electron chi connectivity index (χ4n) is 2.54. The average Bonchev–Trinajstić information content (AvgIpc) is 2.92. The van der Waals surface area contributed by atoms with E-state index in [9.17, 15) is 14.7 Å². The van der Waals surface area contributed by atoms with Crippen molar-refractivity contribution in [3.63, 3.8) is 0 Å². The number of thiophene rings is 1. The van der Waals surface area contributed by atoms with E-state index in [0.717, 1.165) is 17.7 Å². The molecule has 2 unspecified atom stereocenters. The first-order valence-electron chi connectivity index (χ1n) is 6.80. The second-order valence-electron chi connectivity index (χ2n) is 5.37. The van der Waals surface area contributed by atoms with Gasteiger partial charge in [-0.3, -0.25) is 0 Å². The minimum Gasteiger partial charge on any atom is -0.480 e. The van der Waals surface area contributed by atoms with E-state index >= 15 is 0 Å². The first kappa shape index (κ1) is 14.8. The third-order valence-corrected chi connectivity index (χ3v) is 4.96. The monoisotopic (exact) mass is 296 g/mol. The largest absolute Gasteiger partial charge is 0.480 e. The molecule has 6 heteroatoms. The fraction of sp³-hybridized carbons (Fsp3) is 0.571. The van der Waals surface area contributed by atoms with Crippen molar-refractivity contribution in [2.45, 2.75) is 44.7 Å². The lowest BCUT2D eigenvalue weighted by atomic mass is 9.89. The normalized spacial score (nSPS) is 24.2. The highest BCUT2D eigenvalue weighted by Gasteiger charge is 2.44. The molecule has 0 radical (unpaired) electrons. The number of nitrogens with zero attached hydrogens (tertiary/aromatic N) is 1. The van der Waals surface area contributed by atoms with Crippen molar-refractivity contribution in [1.29, 1.82) is 0 Å². The molecule has 0 spiro atoms. The van der Waals surface area contributed by atoms with Gasteiger partial charge in [-0.05, 0) is 44.6 Å². The van der Waals surface area contributed by atoms with Gasteiger partial charge in [-0.25, -0.2) is 9.59 Å². The van der Waals surface area contributed by atoms with Crippen molar-refractivity contribution in [3.8, 4) is 0 Å². The van der Waals surface area contributed by atoms with Crippen molar-refractivity contribution >= 4 is 23.3 Å². The molecule has 0 saturated carbocycles. The van der Waals surface area contributed by atoms with E-state index in [0.29, 0.717) is 13.0 Å². The molecular weight excluding hydrogens is 276 g/mol. The quantitative estimate of drug-likeness (QED) is 0.901. The zero-order chi connectivity index (χ0) is 14.8. The van der Waals surface area contributed by atoms with E-state index in [-0.39, 0.29) is 12.1 Å². The third-order valence-electron chi connectivity index (χ3n) is 3.91. The van der Waals surface area contributed by atoms with E-state index in [1.165, 1.54) is 4.90 Å². The number of hydrogen-bond donors (Lipinski definition) is 2. The average molecular weight is 296 g/mol. The van der Waals surface area contributed by atoms with E-state index in [1.807, 2.05) is 24.4 Å². The number of carbonyl (C=O) groups is 2. The van der Waals surface area contributed by atoms with Crippen LogP contribution in [0, 0.1) is 0 Å². The minimum absolute atomic E-state index is 0.109. The molecule has 1 aromatic rings. The van der Waals surface area contributed by atoms with Gasteiger partial charge in [-0.2, -0.15) is 0 Å². The Morgan fingerprint density at radius 1 is 1.50 bits per heavy atom. The molecule has 0 bridgehead atoms. The molecule has 2 N–H and O–H groups in total. The Morgan fingerprint density at radius 2 is 2.25 bits per heavy atom. The Balaban J connectivity index is 2.09. The molecule has 1 aliphatic heterocycles. The number of carboxylic acids is 1. The predicted octanol–water partition coefficient (Wildman–Crippen LogP) is 2.85. The Kier molecular flexibility index (Phi) is 4.32. The second-order valence-corrected chi connectivity index (χ2v) is 6.35. The number of piperidine rings is 1. The third kappa shape index (κ3) is 2.80. The molecular formula is C14H20N2O3S. The fourth-order valence-corrected chi connectivity index (χ4v) is 3.28. The summed E-state index contributed by atoms with van der Waals surface area (Å²) in [6, 6.07) is 3.49. The molecule has 1 aliphatic rings. The van der Waals surface area contributed by atoms with Gasteiger partial charge in [0.1, 0.15) is 5.54 Å². The van der Waals surface area contributed by atoms with E-state index in [1.54, 1.807) is 18.3 Å². The van der Waals surface area contributed by atoms with Crippen molar-refractivity contribution in [2.24, 2.45) is 0 Å². The van der Waals surface area contributed by atoms with Crippen molar-refractivity contribution in [3.05, 3.63) is 22.4 Å². The molecule has 20 heavy (non-hydrogen) atoms. The Labute approximate surface area is 122 Å². The van der Waals surface area contributed by atoms with Crippen LogP contribution in [0.5, 0.6) is 0 Å². The summed E-state index contributed by atoms with van der Waals surface area (Å²) in [5.74, 6) is -0.934. The molecule has 5 nitrogen and oxygen atoms in total. The summed E-state index contributed by atoms with van der Waals surface area (Å²) in [5, 5.41) is 14.3. The van der Waals surface area contributed by atoms with Gasteiger partial charge in [0.05, 0.1) is 6.04 Å². The van der Waals surface area contributed by atoms with Crippen LogP contribution in [0.4, 0.5) is 4.79 Å². The lowest BCUT2D eigenvalue weighted by molar-refractivity contribution is -0.150. The molecule has 0 aliphatic carbocycles. The molecule has 2 heterocycles. The topological polar surface area (TPSA) is 69.6 Å². The number of urea groups is 1. The summed E-state index contributed by atoms with van der Waals surface area (Å²) in [7, 11) is 0. The Hall–Kier alpha value is -1.56. The van der Waals surface area contributed by atoms with E-state index in [2.05, 4.69) is 5.32 Å². The number of carbonyl (C=O) groups excluding carboxylic acids is 1. The summed E-state index contributed by atoms with van der Waals surface area (Å²) in [5.41, 5.74) is -1.10. The highest BCUT2D eigenvalue weighted by Crippen LogP contribution is 2.29. The maximum absolute atomic E-state index is 12.4. The predicted molar refractivity (Wildman–Crippen MR) is 77.9 cm³/mol. The van der Waals surface area contributed by atoms with Gasteiger partial charge in [0.25, 0.3) is 0 Å². The van der Waals surface area contributed by atoms with Crippen LogP contribution in [0.2, 0.25) is 0 Å². The first-order chi connectivity index (χ1) is 9.45. The molecule has 1 aromatic heterocycles. The highest BCUT2D eigenvalue weighted by atomic mass is 32.1. The summed E-state index contributed by atoms with van der Waals surface area (Å²) < 4.78 is 0. The minimum atomic E-state index is -1.10. The number of carboxylic acid groups (broad SMARTS) is 1. The van der Waals surface area contributed by atoms with Gasteiger partial charge in [0, 0.05) is 11.4 Å². The number of amides is 2. The SMILES string of the molecule is CC(NC(=O)N1CCCCC1(C)C(=O)O)c1cccs1. The van der Waals surface area contributed by atoms with Crippen molar-refractivity contribution in [2.75, 3.05) is 6.54 Å². The van der Waals surface area contributed by atoms with Crippen LogP contribution in [0.15, 0.2) is 17.5 Å². The second kappa shape index (κ2) is 5.83. The molecule has 0 aromatic carbocycles. The Morgan fingerprint density at radius 3 is 2.85 bits per heavy atom. The van der Waals surface area contributed by atoms with Crippen LogP contribution >= 0.6 is 11.3 Å². The van der Waals surface area contributed by atoms with Crippen LogP contribution in [-0.2, 0) is 4.79 Å². The highest BCUT2D eigenvalue weighted by molar-refractivity contribution is 7.10. The van der Waals surface area contributed by atoms with E-state index in [4.69, 9.17) is 0 Å². The maximum atomic E-state index is 12.4. The lowest BCUT2D eigenvalue weighted by Gasteiger charge is -2.41. The standard InChI is InChI=1S/C14H20N2O3S/c1-10(11-6-5-9-20-11)15-13(19)16-8-4-3-7-14(16,2)12(17)18/h5-6,9-10H,3-4,7-8H2,1-2H3,(H,15,19)(H,17,18). The molecule has 1 fully saturated rings.